The molecule has 0 atom stereocenters. The smallest absolute Gasteiger partial charge is 0.287 e. The van der Waals surface area contributed by atoms with E-state index in [0.29, 0.717) is 12.3 Å². The lowest BCUT2D eigenvalue weighted by molar-refractivity contribution is 0.0922. The summed E-state index contributed by atoms with van der Waals surface area (Å²) in [5, 5.41) is 5.60. The zero-order valence-electron chi connectivity index (χ0n) is 9.64. The number of furan rings is 1. The molecule has 0 aliphatic rings. The van der Waals surface area contributed by atoms with Crippen LogP contribution in [0.15, 0.2) is 28.2 Å². The summed E-state index contributed by atoms with van der Waals surface area (Å²) in [7, 11) is 3.87. The number of hydrogen-bond acceptors (Lipinski definition) is 5. The number of aromatic nitrogens is 1. The fourth-order valence-electron chi connectivity index (χ4n) is 1.25. The van der Waals surface area contributed by atoms with Crippen molar-refractivity contribution in [2.24, 2.45) is 0 Å². The molecule has 0 bridgehead atoms. The van der Waals surface area contributed by atoms with Crippen molar-refractivity contribution < 1.29 is 9.21 Å². The van der Waals surface area contributed by atoms with Crippen LogP contribution < -0.4 is 10.2 Å². The van der Waals surface area contributed by atoms with Crippen LogP contribution >= 0.6 is 11.3 Å². The van der Waals surface area contributed by atoms with Gasteiger partial charge in [-0.05, 0) is 12.1 Å². The van der Waals surface area contributed by atoms with E-state index in [1.54, 1.807) is 23.5 Å². The van der Waals surface area contributed by atoms with E-state index in [1.165, 1.54) is 6.26 Å². The minimum atomic E-state index is -0.227. The summed E-state index contributed by atoms with van der Waals surface area (Å²) in [5.74, 6) is 0.0856. The summed E-state index contributed by atoms with van der Waals surface area (Å²) in [6, 6.07) is 3.31. The van der Waals surface area contributed by atoms with Gasteiger partial charge in [-0.2, -0.15) is 0 Å². The Hall–Kier alpha value is -1.82. The molecule has 0 unspecified atom stereocenters. The maximum atomic E-state index is 11.6. The molecule has 1 N–H and O–H groups in total. The number of carbonyl (C=O) groups excluding carboxylic acids is 1. The van der Waals surface area contributed by atoms with E-state index in [4.69, 9.17) is 4.42 Å². The van der Waals surface area contributed by atoms with E-state index in [2.05, 4.69) is 10.3 Å². The quantitative estimate of drug-likeness (QED) is 0.899. The summed E-state index contributed by atoms with van der Waals surface area (Å²) in [5.41, 5.74) is 0.846. The number of nitrogens with one attached hydrogen (secondary N) is 1. The van der Waals surface area contributed by atoms with Crippen molar-refractivity contribution in [1.82, 2.24) is 10.3 Å². The average Bonchev–Trinajstić information content (AvgIpc) is 2.97. The van der Waals surface area contributed by atoms with Crippen molar-refractivity contribution in [1.29, 1.82) is 0 Å². The van der Waals surface area contributed by atoms with Crippen molar-refractivity contribution in [2.75, 3.05) is 19.0 Å². The second kappa shape index (κ2) is 5.01. The molecule has 2 aromatic rings. The second-order valence-corrected chi connectivity index (χ2v) is 4.51. The van der Waals surface area contributed by atoms with Gasteiger partial charge in [0, 0.05) is 19.5 Å². The van der Waals surface area contributed by atoms with Gasteiger partial charge in [0.05, 0.1) is 18.5 Å². The van der Waals surface area contributed by atoms with Crippen LogP contribution in [0, 0.1) is 0 Å². The maximum absolute atomic E-state index is 11.6. The van der Waals surface area contributed by atoms with Gasteiger partial charge in [-0.15, -0.1) is 11.3 Å². The van der Waals surface area contributed by atoms with Crippen LogP contribution in [0.3, 0.4) is 0 Å². The molecule has 0 spiro atoms. The molecular formula is C11H13N3O2S. The lowest BCUT2D eigenvalue weighted by atomic mass is 10.4. The van der Waals surface area contributed by atoms with E-state index in [-0.39, 0.29) is 5.91 Å². The molecule has 2 aromatic heterocycles. The minimum absolute atomic E-state index is 0.227. The van der Waals surface area contributed by atoms with Crippen LogP contribution in [0.5, 0.6) is 0 Å². The first kappa shape index (κ1) is 11.7. The lowest BCUT2D eigenvalue weighted by Gasteiger charge is -2.05. The summed E-state index contributed by atoms with van der Waals surface area (Å²) >= 11 is 1.55. The Labute approximate surface area is 103 Å². The number of anilines is 1. The third-order valence-corrected chi connectivity index (χ3v) is 3.15. The Balaban J connectivity index is 1.91. The molecule has 0 radical (unpaired) electrons. The largest absolute Gasteiger partial charge is 0.459 e. The highest BCUT2D eigenvalue weighted by Gasteiger charge is 2.09. The van der Waals surface area contributed by atoms with Crippen molar-refractivity contribution in [2.45, 2.75) is 6.54 Å². The van der Waals surface area contributed by atoms with Crippen LogP contribution in [-0.4, -0.2) is 25.0 Å². The van der Waals surface area contributed by atoms with Crippen LogP contribution in [0.2, 0.25) is 0 Å². The zero-order valence-corrected chi connectivity index (χ0v) is 10.5. The van der Waals surface area contributed by atoms with Gasteiger partial charge in [-0.1, -0.05) is 0 Å². The molecular weight excluding hydrogens is 238 g/mol. The monoisotopic (exact) mass is 251 g/mol. The number of thiazole rings is 1. The highest BCUT2D eigenvalue weighted by molar-refractivity contribution is 7.13. The molecule has 6 heteroatoms. The van der Waals surface area contributed by atoms with Crippen molar-refractivity contribution in [3.63, 3.8) is 0 Å². The predicted molar refractivity (Wildman–Crippen MR) is 66.3 cm³/mol. The van der Waals surface area contributed by atoms with Gasteiger partial charge in [0.25, 0.3) is 5.91 Å². The molecule has 2 rings (SSSR count). The van der Waals surface area contributed by atoms with E-state index in [9.17, 15) is 4.79 Å². The number of amides is 1. The molecule has 0 saturated carbocycles. The maximum Gasteiger partial charge on any atom is 0.287 e. The summed E-state index contributed by atoms with van der Waals surface area (Å²) in [6.07, 6.45) is 1.47. The Kier molecular flexibility index (Phi) is 3.43. The third kappa shape index (κ3) is 2.85. The molecule has 90 valence electrons. The van der Waals surface area contributed by atoms with Gasteiger partial charge >= 0.3 is 0 Å². The summed E-state index contributed by atoms with van der Waals surface area (Å²) in [6.45, 7) is 0.407. The van der Waals surface area contributed by atoms with Gasteiger partial charge in [-0.25, -0.2) is 4.98 Å². The van der Waals surface area contributed by atoms with Crippen LogP contribution in [0.1, 0.15) is 16.2 Å². The first-order valence-corrected chi connectivity index (χ1v) is 5.98. The molecule has 0 saturated heterocycles. The third-order valence-electron chi connectivity index (χ3n) is 2.10. The molecule has 1 amide bonds. The Bertz CT molecular complexity index is 491. The van der Waals surface area contributed by atoms with Gasteiger partial charge in [0.2, 0.25) is 0 Å². The fourth-order valence-corrected chi connectivity index (χ4v) is 2.01. The van der Waals surface area contributed by atoms with Gasteiger partial charge in [0.15, 0.2) is 10.9 Å². The first-order chi connectivity index (χ1) is 8.16. The molecule has 5 nitrogen and oxygen atoms in total. The second-order valence-electron chi connectivity index (χ2n) is 3.68. The minimum Gasteiger partial charge on any atom is -0.459 e. The molecule has 17 heavy (non-hydrogen) atoms. The van der Waals surface area contributed by atoms with Gasteiger partial charge in [-0.3, -0.25) is 4.79 Å². The molecule has 2 heterocycles. The fraction of sp³-hybridized carbons (Fsp3) is 0.273. The van der Waals surface area contributed by atoms with E-state index < -0.39 is 0 Å². The van der Waals surface area contributed by atoms with Crippen molar-refractivity contribution in [3.8, 4) is 0 Å². The SMILES string of the molecule is CN(C)c1nc(CNC(=O)c2ccco2)cs1. The van der Waals surface area contributed by atoms with E-state index >= 15 is 0 Å². The summed E-state index contributed by atoms with van der Waals surface area (Å²) < 4.78 is 4.99. The number of nitrogens with zero attached hydrogens (tertiary/aromatic N) is 2. The molecule has 0 aliphatic carbocycles. The van der Waals surface area contributed by atoms with Crippen LogP contribution in [0.4, 0.5) is 5.13 Å². The Morgan fingerprint density at radius 2 is 2.41 bits per heavy atom. The highest BCUT2D eigenvalue weighted by atomic mass is 32.1. The molecule has 0 aliphatic heterocycles. The lowest BCUT2D eigenvalue weighted by Crippen LogP contribution is -2.22. The first-order valence-electron chi connectivity index (χ1n) is 5.10. The topological polar surface area (TPSA) is 58.4 Å². The molecule has 0 fully saturated rings. The van der Waals surface area contributed by atoms with Crippen LogP contribution in [0.25, 0.3) is 0 Å². The van der Waals surface area contributed by atoms with Crippen molar-refractivity contribution in [3.05, 3.63) is 35.2 Å². The number of carbonyl (C=O) groups is 1. The molecule has 0 aromatic carbocycles. The Morgan fingerprint density at radius 1 is 1.59 bits per heavy atom. The van der Waals surface area contributed by atoms with E-state index in [1.807, 2.05) is 24.4 Å². The predicted octanol–water partition coefficient (Wildman–Crippen LogP) is 1.73. The normalized spacial score (nSPS) is 10.2. The zero-order chi connectivity index (χ0) is 12.3. The average molecular weight is 251 g/mol. The Morgan fingerprint density at radius 3 is 3.00 bits per heavy atom. The van der Waals surface area contributed by atoms with Gasteiger partial charge < -0.3 is 14.6 Å². The van der Waals surface area contributed by atoms with Crippen LogP contribution in [-0.2, 0) is 6.54 Å². The van der Waals surface area contributed by atoms with Crippen molar-refractivity contribution >= 4 is 22.4 Å². The standard InChI is InChI=1S/C11H13N3O2S/c1-14(2)11-13-8(7-17-11)6-12-10(15)9-4-3-5-16-9/h3-5,7H,6H2,1-2H3,(H,12,15). The number of rotatable bonds is 4. The van der Waals surface area contributed by atoms with E-state index in [0.717, 1.165) is 10.8 Å². The summed E-state index contributed by atoms with van der Waals surface area (Å²) in [4.78, 5) is 17.9. The number of hydrogen-bond donors (Lipinski definition) is 1. The van der Waals surface area contributed by atoms with Gasteiger partial charge in [0.1, 0.15) is 0 Å². The highest BCUT2D eigenvalue weighted by Crippen LogP contribution is 2.17.